The average Bonchev–Trinajstić information content (AvgIpc) is 2.89. The molecule has 0 aliphatic carbocycles. The van der Waals surface area contributed by atoms with Gasteiger partial charge >= 0.3 is 0 Å². The molecule has 0 bridgehead atoms. The molecule has 0 spiro atoms. The summed E-state index contributed by atoms with van der Waals surface area (Å²) >= 11 is 0. The largest absolute Gasteiger partial charge is 0.398 e. The minimum absolute atomic E-state index is 0.00171. The van der Waals surface area contributed by atoms with Crippen molar-refractivity contribution in [2.45, 2.75) is 11.4 Å². The Kier molecular flexibility index (Phi) is 3.50. The number of rotatable bonds is 4. The van der Waals surface area contributed by atoms with Gasteiger partial charge < -0.3 is 10.3 Å². The number of hydrogen-bond donors (Lipinski definition) is 2. The van der Waals surface area contributed by atoms with Gasteiger partial charge in [-0.1, -0.05) is 5.16 Å². The standard InChI is InChI=1S/C11H10N4O3S/c12-6-8-1-2-11(10(13)5-8)19(16,17)14-7-9-3-4-18-15-9/h1-5,14H,7,13H2. The molecule has 8 heteroatoms. The van der Waals surface area contributed by atoms with Crippen LogP contribution < -0.4 is 10.5 Å². The summed E-state index contributed by atoms with van der Waals surface area (Å²) in [5.74, 6) is 0. The summed E-state index contributed by atoms with van der Waals surface area (Å²) in [6.45, 7) is -0.00171. The van der Waals surface area contributed by atoms with Crippen LogP contribution in [0.5, 0.6) is 0 Å². The zero-order valence-corrected chi connectivity index (χ0v) is 10.5. The van der Waals surface area contributed by atoms with Crippen molar-refractivity contribution in [3.63, 3.8) is 0 Å². The van der Waals surface area contributed by atoms with E-state index in [-0.39, 0.29) is 17.1 Å². The highest BCUT2D eigenvalue weighted by Gasteiger charge is 2.17. The maximum absolute atomic E-state index is 12.0. The van der Waals surface area contributed by atoms with Crippen molar-refractivity contribution in [3.05, 3.63) is 41.8 Å². The normalized spacial score (nSPS) is 11.1. The zero-order chi connectivity index (χ0) is 13.9. The van der Waals surface area contributed by atoms with Crippen molar-refractivity contribution >= 4 is 15.7 Å². The molecule has 3 N–H and O–H groups in total. The fourth-order valence-corrected chi connectivity index (χ4v) is 2.55. The Balaban J connectivity index is 2.22. The van der Waals surface area contributed by atoms with Gasteiger partial charge in [0.15, 0.2) is 0 Å². The number of nitriles is 1. The topological polar surface area (TPSA) is 122 Å². The van der Waals surface area contributed by atoms with Crippen LogP contribution in [0, 0.1) is 11.3 Å². The van der Waals surface area contributed by atoms with Gasteiger partial charge in [0.2, 0.25) is 10.0 Å². The Morgan fingerprint density at radius 3 is 2.79 bits per heavy atom. The van der Waals surface area contributed by atoms with Crippen LogP contribution in [-0.2, 0) is 16.6 Å². The third kappa shape index (κ3) is 2.90. The lowest BCUT2D eigenvalue weighted by Crippen LogP contribution is -2.24. The first-order chi connectivity index (χ1) is 9.03. The van der Waals surface area contributed by atoms with Gasteiger partial charge in [-0.2, -0.15) is 5.26 Å². The fourth-order valence-electron chi connectivity index (χ4n) is 1.44. The SMILES string of the molecule is N#Cc1ccc(S(=O)(=O)NCc2ccon2)c(N)c1. The van der Waals surface area contributed by atoms with Gasteiger partial charge in [-0.25, -0.2) is 13.1 Å². The van der Waals surface area contributed by atoms with Crippen LogP contribution in [0.15, 0.2) is 39.9 Å². The summed E-state index contributed by atoms with van der Waals surface area (Å²) < 4.78 is 31.0. The molecular formula is C11H10N4O3S. The van der Waals surface area contributed by atoms with Crippen LogP contribution in [0.25, 0.3) is 0 Å². The molecule has 0 aliphatic heterocycles. The Labute approximate surface area is 109 Å². The first kappa shape index (κ1) is 13.1. The summed E-state index contributed by atoms with van der Waals surface area (Å²) in [7, 11) is -3.76. The maximum atomic E-state index is 12.0. The minimum Gasteiger partial charge on any atom is -0.398 e. The van der Waals surface area contributed by atoms with E-state index in [0.717, 1.165) is 0 Å². The third-order valence-electron chi connectivity index (χ3n) is 2.36. The molecular weight excluding hydrogens is 268 g/mol. The molecule has 1 aromatic carbocycles. The third-order valence-corrected chi connectivity index (χ3v) is 3.84. The van der Waals surface area contributed by atoms with Crippen LogP contribution in [0.4, 0.5) is 5.69 Å². The van der Waals surface area contributed by atoms with E-state index in [2.05, 4.69) is 14.4 Å². The Morgan fingerprint density at radius 1 is 1.42 bits per heavy atom. The van der Waals surface area contributed by atoms with Gasteiger partial charge in [0.05, 0.1) is 29.6 Å². The summed E-state index contributed by atoms with van der Waals surface area (Å²) in [4.78, 5) is -0.0741. The van der Waals surface area contributed by atoms with Crippen LogP contribution in [-0.4, -0.2) is 13.6 Å². The summed E-state index contributed by atoms with van der Waals surface area (Å²) in [6, 6.07) is 7.42. The van der Waals surface area contributed by atoms with Gasteiger partial charge in [-0.3, -0.25) is 0 Å². The molecule has 0 unspecified atom stereocenters. The Hall–Kier alpha value is -2.37. The molecule has 0 amide bonds. The van der Waals surface area contributed by atoms with Crippen LogP contribution >= 0.6 is 0 Å². The molecule has 2 rings (SSSR count). The second kappa shape index (κ2) is 5.09. The van der Waals surface area contributed by atoms with E-state index < -0.39 is 10.0 Å². The number of benzene rings is 1. The average molecular weight is 278 g/mol. The van der Waals surface area contributed by atoms with Crippen molar-refractivity contribution in [1.82, 2.24) is 9.88 Å². The lowest BCUT2D eigenvalue weighted by Gasteiger charge is -2.08. The second-order valence-corrected chi connectivity index (χ2v) is 5.42. The first-order valence-corrected chi connectivity index (χ1v) is 6.70. The monoisotopic (exact) mass is 278 g/mol. The molecule has 0 aliphatic rings. The number of aromatic nitrogens is 1. The number of nitrogens with two attached hydrogens (primary N) is 1. The van der Waals surface area contributed by atoms with Crippen molar-refractivity contribution in [3.8, 4) is 6.07 Å². The van der Waals surface area contributed by atoms with Crippen molar-refractivity contribution in [1.29, 1.82) is 5.26 Å². The number of nitrogen functional groups attached to an aromatic ring is 1. The molecule has 7 nitrogen and oxygen atoms in total. The van der Waals surface area contributed by atoms with E-state index in [1.165, 1.54) is 24.5 Å². The summed E-state index contributed by atoms with van der Waals surface area (Å²) in [5, 5.41) is 12.3. The predicted octanol–water partition coefficient (Wildman–Crippen LogP) is 0.607. The Bertz CT molecular complexity index is 717. The second-order valence-electron chi connectivity index (χ2n) is 3.68. The van der Waals surface area contributed by atoms with Crippen molar-refractivity contribution in [2.24, 2.45) is 0 Å². The minimum atomic E-state index is -3.76. The van der Waals surface area contributed by atoms with Gasteiger partial charge in [0.25, 0.3) is 0 Å². The number of anilines is 1. The lowest BCUT2D eigenvalue weighted by molar-refractivity contribution is 0.411. The van der Waals surface area contributed by atoms with E-state index in [4.69, 9.17) is 11.0 Å². The smallest absolute Gasteiger partial charge is 0.242 e. The zero-order valence-electron chi connectivity index (χ0n) is 9.70. The quantitative estimate of drug-likeness (QED) is 0.790. The molecule has 19 heavy (non-hydrogen) atoms. The van der Waals surface area contributed by atoms with Crippen LogP contribution in [0.1, 0.15) is 11.3 Å². The first-order valence-electron chi connectivity index (χ1n) is 5.21. The molecule has 1 aromatic heterocycles. The molecule has 0 atom stereocenters. The van der Waals surface area contributed by atoms with E-state index in [0.29, 0.717) is 11.3 Å². The molecule has 0 saturated heterocycles. The highest BCUT2D eigenvalue weighted by Crippen LogP contribution is 2.19. The number of hydrogen-bond acceptors (Lipinski definition) is 6. The van der Waals surface area contributed by atoms with E-state index in [1.54, 1.807) is 6.07 Å². The highest BCUT2D eigenvalue weighted by molar-refractivity contribution is 7.89. The lowest BCUT2D eigenvalue weighted by atomic mass is 10.2. The van der Waals surface area contributed by atoms with Gasteiger partial charge in [0.1, 0.15) is 11.2 Å². The predicted molar refractivity (Wildman–Crippen MR) is 66.1 cm³/mol. The highest BCUT2D eigenvalue weighted by atomic mass is 32.2. The summed E-state index contributed by atoms with van der Waals surface area (Å²) in [5.41, 5.74) is 6.40. The van der Waals surface area contributed by atoms with Crippen LogP contribution in [0.2, 0.25) is 0 Å². The van der Waals surface area contributed by atoms with Gasteiger partial charge in [0, 0.05) is 6.07 Å². The van der Waals surface area contributed by atoms with E-state index >= 15 is 0 Å². The van der Waals surface area contributed by atoms with Gasteiger partial charge in [-0.05, 0) is 18.2 Å². The molecule has 2 aromatic rings. The van der Waals surface area contributed by atoms with Gasteiger partial charge in [-0.15, -0.1) is 0 Å². The van der Waals surface area contributed by atoms with E-state index in [1.807, 2.05) is 6.07 Å². The van der Waals surface area contributed by atoms with Crippen LogP contribution in [0.3, 0.4) is 0 Å². The number of sulfonamides is 1. The van der Waals surface area contributed by atoms with Crippen molar-refractivity contribution < 1.29 is 12.9 Å². The number of nitrogens with zero attached hydrogens (tertiary/aromatic N) is 2. The Morgan fingerprint density at radius 2 is 2.21 bits per heavy atom. The van der Waals surface area contributed by atoms with E-state index in [9.17, 15) is 8.42 Å². The number of nitrogens with one attached hydrogen (secondary N) is 1. The fraction of sp³-hybridized carbons (Fsp3) is 0.0909. The summed E-state index contributed by atoms with van der Waals surface area (Å²) in [6.07, 6.45) is 1.35. The van der Waals surface area contributed by atoms with Crippen molar-refractivity contribution in [2.75, 3.05) is 5.73 Å². The molecule has 0 saturated carbocycles. The molecule has 98 valence electrons. The molecule has 0 radical (unpaired) electrons. The molecule has 1 heterocycles. The maximum Gasteiger partial charge on any atom is 0.242 e. The molecule has 0 fully saturated rings.